The highest BCUT2D eigenvalue weighted by atomic mass is 32.2. The fourth-order valence-corrected chi connectivity index (χ4v) is 2.22. The Labute approximate surface area is 111 Å². The van der Waals surface area contributed by atoms with Gasteiger partial charge in [0.2, 0.25) is 0 Å². The van der Waals surface area contributed by atoms with Crippen LogP contribution in [0.2, 0.25) is 0 Å². The maximum Gasteiger partial charge on any atom is 0.269 e. The Kier molecular flexibility index (Phi) is 6.53. The molecular weight excluding hydrogens is 252 g/mol. The van der Waals surface area contributed by atoms with Gasteiger partial charge in [0, 0.05) is 35.9 Å². The number of hydrogen-bond donors (Lipinski definition) is 2. The van der Waals surface area contributed by atoms with Gasteiger partial charge >= 0.3 is 0 Å². The molecular formula is C12H18N2O3S. The molecule has 6 heteroatoms. The highest BCUT2D eigenvalue weighted by Crippen LogP contribution is 2.25. The van der Waals surface area contributed by atoms with E-state index in [1.165, 1.54) is 6.07 Å². The van der Waals surface area contributed by atoms with E-state index in [0.29, 0.717) is 11.5 Å². The minimum atomic E-state index is -0.385. The van der Waals surface area contributed by atoms with Crippen LogP contribution in [0, 0.1) is 10.1 Å². The van der Waals surface area contributed by atoms with E-state index in [1.54, 1.807) is 23.9 Å². The number of hydrogen-bond acceptors (Lipinski definition) is 5. The predicted octanol–water partition coefficient (Wildman–Crippen LogP) is 2.64. The largest absolute Gasteiger partial charge is 0.396 e. The quantitative estimate of drug-likeness (QED) is 0.431. The first kappa shape index (κ1) is 14.8. The minimum Gasteiger partial charge on any atom is -0.396 e. The average Bonchev–Trinajstić information content (AvgIpc) is 2.37. The number of nitro benzene ring substituents is 1. The standard InChI is InChI=1S/C12H18N2O3S/c1-2-5-13-12-4-3-11(14(16)17)8-10(12)9-18-7-6-15/h3-4,8,13,15H,2,5-7,9H2,1H3. The number of nitrogens with zero attached hydrogens (tertiary/aromatic N) is 1. The lowest BCUT2D eigenvalue weighted by molar-refractivity contribution is -0.384. The maximum absolute atomic E-state index is 10.7. The molecule has 0 bridgehead atoms. The molecule has 100 valence electrons. The number of aliphatic hydroxyl groups is 1. The molecule has 2 N–H and O–H groups in total. The van der Waals surface area contributed by atoms with Gasteiger partial charge in [0.05, 0.1) is 11.5 Å². The first-order chi connectivity index (χ1) is 8.69. The summed E-state index contributed by atoms with van der Waals surface area (Å²) in [6.07, 6.45) is 1.00. The Morgan fingerprint density at radius 3 is 2.89 bits per heavy atom. The van der Waals surface area contributed by atoms with Crippen molar-refractivity contribution >= 4 is 23.1 Å². The topological polar surface area (TPSA) is 75.4 Å². The predicted molar refractivity (Wildman–Crippen MR) is 75.1 cm³/mol. The number of rotatable bonds is 8. The summed E-state index contributed by atoms with van der Waals surface area (Å²) < 4.78 is 0. The molecule has 0 aliphatic carbocycles. The van der Waals surface area contributed by atoms with Gasteiger partial charge in [-0.1, -0.05) is 6.92 Å². The highest BCUT2D eigenvalue weighted by Gasteiger charge is 2.10. The third kappa shape index (κ3) is 4.54. The number of benzene rings is 1. The molecule has 1 rings (SSSR count). The van der Waals surface area contributed by atoms with Crippen LogP contribution in [0.3, 0.4) is 0 Å². The smallest absolute Gasteiger partial charge is 0.269 e. The van der Waals surface area contributed by atoms with Gasteiger partial charge in [-0.2, -0.15) is 11.8 Å². The summed E-state index contributed by atoms with van der Waals surface area (Å²) in [5.74, 6) is 1.30. The minimum absolute atomic E-state index is 0.108. The number of non-ortho nitro benzene ring substituents is 1. The second-order valence-corrected chi connectivity index (χ2v) is 4.91. The summed E-state index contributed by atoms with van der Waals surface area (Å²) in [6, 6.07) is 4.86. The van der Waals surface area contributed by atoms with E-state index in [4.69, 9.17) is 5.11 Å². The third-order valence-corrected chi connectivity index (χ3v) is 3.34. The Hall–Kier alpha value is -1.27. The second kappa shape index (κ2) is 7.94. The molecule has 0 unspecified atom stereocenters. The molecule has 0 saturated heterocycles. The molecule has 1 aromatic carbocycles. The lowest BCUT2D eigenvalue weighted by Gasteiger charge is -2.11. The third-order valence-electron chi connectivity index (χ3n) is 2.36. The molecule has 18 heavy (non-hydrogen) atoms. The van der Waals surface area contributed by atoms with Gasteiger partial charge in [0.25, 0.3) is 5.69 Å². The van der Waals surface area contributed by atoms with Crippen LogP contribution in [0.5, 0.6) is 0 Å². The molecule has 0 atom stereocenters. The molecule has 0 fully saturated rings. The van der Waals surface area contributed by atoms with Crippen LogP contribution in [0.4, 0.5) is 11.4 Å². The normalized spacial score (nSPS) is 10.3. The second-order valence-electron chi connectivity index (χ2n) is 3.80. The van der Waals surface area contributed by atoms with Crippen LogP contribution in [0.15, 0.2) is 18.2 Å². The summed E-state index contributed by atoms with van der Waals surface area (Å²) in [5.41, 5.74) is 1.96. The van der Waals surface area contributed by atoms with Gasteiger partial charge in [-0.15, -0.1) is 0 Å². The van der Waals surface area contributed by atoms with Crippen molar-refractivity contribution in [2.75, 3.05) is 24.2 Å². The van der Waals surface area contributed by atoms with Crippen molar-refractivity contribution in [3.05, 3.63) is 33.9 Å². The number of nitro groups is 1. The van der Waals surface area contributed by atoms with Crippen LogP contribution in [0.25, 0.3) is 0 Å². The van der Waals surface area contributed by atoms with E-state index in [1.807, 2.05) is 0 Å². The van der Waals surface area contributed by atoms with E-state index in [-0.39, 0.29) is 17.2 Å². The molecule has 0 heterocycles. The van der Waals surface area contributed by atoms with Crippen LogP contribution in [-0.2, 0) is 5.75 Å². The van der Waals surface area contributed by atoms with Crippen LogP contribution in [-0.4, -0.2) is 28.9 Å². The zero-order valence-electron chi connectivity index (χ0n) is 10.4. The van der Waals surface area contributed by atoms with Gasteiger partial charge in [-0.3, -0.25) is 10.1 Å². The van der Waals surface area contributed by atoms with Crippen LogP contribution >= 0.6 is 11.8 Å². The highest BCUT2D eigenvalue weighted by molar-refractivity contribution is 7.98. The van der Waals surface area contributed by atoms with Gasteiger partial charge in [-0.05, 0) is 18.1 Å². The number of aliphatic hydroxyl groups excluding tert-OH is 1. The van der Waals surface area contributed by atoms with Crippen molar-refractivity contribution < 1.29 is 10.0 Å². The Bertz CT molecular complexity index is 399. The molecule has 1 aromatic rings. The van der Waals surface area contributed by atoms with Crippen molar-refractivity contribution in [2.24, 2.45) is 0 Å². The summed E-state index contributed by atoms with van der Waals surface area (Å²) in [5, 5.41) is 22.8. The molecule has 0 aromatic heterocycles. The summed E-state index contributed by atoms with van der Waals surface area (Å²) in [6.45, 7) is 3.03. The maximum atomic E-state index is 10.7. The van der Waals surface area contributed by atoms with E-state index >= 15 is 0 Å². The van der Waals surface area contributed by atoms with Gasteiger partial charge in [0.1, 0.15) is 0 Å². The molecule has 0 radical (unpaired) electrons. The van der Waals surface area contributed by atoms with E-state index in [9.17, 15) is 10.1 Å². The molecule has 0 spiro atoms. The summed E-state index contributed by atoms with van der Waals surface area (Å²) in [4.78, 5) is 10.4. The Morgan fingerprint density at radius 1 is 1.50 bits per heavy atom. The fourth-order valence-electron chi connectivity index (χ4n) is 1.49. The van der Waals surface area contributed by atoms with Gasteiger partial charge in [-0.25, -0.2) is 0 Å². The Balaban J connectivity index is 2.83. The van der Waals surface area contributed by atoms with E-state index in [0.717, 1.165) is 24.2 Å². The van der Waals surface area contributed by atoms with Crippen LogP contribution < -0.4 is 5.32 Å². The van der Waals surface area contributed by atoms with Crippen molar-refractivity contribution in [3.8, 4) is 0 Å². The molecule has 0 aliphatic rings. The Morgan fingerprint density at radius 2 is 2.28 bits per heavy atom. The van der Waals surface area contributed by atoms with E-state index < -0.39 is 0 Å². The van der Waals surface area contributed by atoms with Crippen molar-refractivity contribution in [1.82, 2.24) is 0 Å². The summed E-state index contributed by atoms with van der Waals surface area (Å²) >= 11 is 1.56. The number of anilines is 1. The molecule has 0 amide bonds. The SMILES string of the molecule is CCCNc1ccc([N+](=O)[O-])cc1CSCCO. The van der Waals surface area contributed by atoms with Crippen molar-refractivity contribution in [1.29, 1.82) is 0 Å². The van der Waals surface area contributed by atoms with Crippen molar-refractivity contribution in [3.63, 3.8) is 0 Å². The number of thioether (sulfide) groups is 1. The zero-order chi connectivity index (χ0) is 13.4. The summed E-state index contributed by atoms with van der Waals surface area (Å²) in [7, 11) is 0. The fraction of sp³-hybridized carbons (Fsp3) is 0.500. The molecule has 0 aliphatic heterocycles. The number of nitrogens with one attached hydrogen (secondary N) is 1. The molecule has 0 saturated carbocycles. The first-order valence-electron chi connectivity index (χ1n) is 5.88. The average molecular weight is 270 g/mol. The van der Waals surface area contributed by atoms with Gasteiger partial charge < -0.3 is 10.4 Å². The van der Waals surface area contributed by atoms with Gasteiger partial charge in [0.15, 0.2) is 0 Å². The zero-order valence-corrected chi connectivity index (χ0v) is 11.2. The van der Waals surface area contributed by atoms with E-state index in [2.05, 4.69) is 12.2 Å². The first-order valence-corrected chi connectivity index (χ1v) is 7.04. The lowest BCUT2D eigenvalue weighted by atomic mass is 10.1. The monoisotopic (exact) mass is 270 g/mol. The van der Waals surface area contributed by atoms with Crippen LogP contribution in [0.1, 0.15) is 18.9 Å². The van der Waals surface area contributed by atoms with Crippen molar-refractivity contribution in [2.45, 2.75) is 19.1 Å². The lowest BCUT2D eigenvalue weighted by Crippen LogP contribution is -2.03. The molecule has 5 nitrogen and oxygen atoms in total.